The highest BCUT2D eigenvalue weighted by Crippen LogP contribution is 2.38. The van der Waals surface area contributed by atoms with Crippen molar-refractivity contribution >= 4 is 5.69 Å². The number of hydrogen-bond acceptors (Lipinski definition) is 2. The zero-order valence-electron chi connectivity index (χ0n) is 12.3. The van der Waals surface area contributed by atoms with E-state index >= 15 is 0 Å². The second kappa shape index (κ2) is 5.16. The van der Waals surface area contributed by atoms with Crippen LogP contribution in [0.3, 0.4) is 0 Å². The predicted octanol–water partition coefficient (Wildman–Crippen LogP) is 3.58. The molecule has 2 aliphatic heterocycles. The van der Waals surface area contributed by atoms with Gasteiger partial charge in [-0.1, -0.05) is 17.7 Å². The number of benzene rings is 1. The lowest BCUT2D eigenvalue weighted by Crippen LogP contribution is -2.37. The van der Waals surface area contributed by atoms with Crippen molar-refractivity contribution in [2.75, 3.05) is 24.5 Å². The number of hydrogen-bond donors (Lipinski definition) is 1. The Bertz CT molecular complexity index is 441. The molecular formula is C17H26N2. The Morgan fingerprint density at radius 1 is 1.11 bits per heavy atom. The molecule has 0 spiro atoms. The lowest BCUT2D eigenvalue weighted by Gasteiger charge is -2.35. The highest BCUT2D eigenvalue weighted by molar-refractivity contribution is 5.58. The molecule has 104 valence electrons. The number of rotatable bonds is 2. The first-order valence-corrected chi connectivity index (χ1v) is 7.80. The molecule has 2 nitrogen and oxygen atoms in total. The molecule has 2 fully saturated rings. The summed E-state index contributed by atoms with van der Waals surface area (Å²) in [7, 11) is 0. The maximum absolute atomic E-state index is 3.73. The number of nitrogens with one attached hydrogen (secondary N) is 1. The standard InChI is InChI=1S/C17H26N2/c1-14-7-8-16(19-11-4-3-5-12-19)15(13-14)17(2)9-6-10-18-17/h7-8,13,18H,3-6,9-12H2,1-2H3. The fourth-order valence-electron chi connectivity index (χ4n) is 3.63. The average Bonchev–Trinajstić information content (AvgIpc) is 2.88. The first-order valence-electron chi connectivity index (χ1n) is 7.80. The van der Waals surface area contributed by atoms with Crippen molar-refractivity contribution in [1.82, 2.24) is 5.32 Å². The summed E-state index contributed by atoms with van der Waals surface area (Å²) in [6.45, 7) is 8.20. The van der Waals surface area contributed by atoms with Gasteiger partial charge in [-0.2, -0.15) is 0 Å². The Morgan fingerprint density at radius 3 is 2.58 bits per heavy atom. The van der Waals surface area contributed by atoms with Crippen molar-refractivity contribution < 1.29 is 0 Å². The fraction of sp³-hybridized carbons (Fsp3) is 0.647. The number of aryl methyl sites for hydroxylation is 1. The molecule has 1 unspecified atom stereocenters. The minimum atomic E-state index is 0.179. The van der Waals surface area contributed by atoms with E-state index in [2.05, 4.69) is 42.3 Å². The summed E-state index contributed by atoms with van der Waals surface area (Å²) >= 11 is 0. The number of piperidine rings is 1. The van der Waals surface area contributed by atoms with Crippen molar-refractivity contribution in [3.05, 3.63) is 29.3 Å². The van der Waals surface area contributed by atoms with Gasteiger partial charge in [-0.15, -0.1) is 0 Å². The minimum absolute atomic E-state index is 0.179. The Hall–Kier alpha value is -1.02. The number of nitrogens with zero attached hydrogens (tertiary/aromatic N) is 1. The summed E-state index contributed by atoms with van der Waals surface area (Å²) in [4.78, 5) is 2.60. The van der Waals surface area contributed by atoms with Crippen LogP contribution in [0.1, 0.15) is 50.2 Å². The van der Waals surface area contributed by atoms with Crippen molar-refractivity contribution in [1.29, 1.82) is 0 Å². The van der Waals surface area contributed by atoms with Crippen LogP contribution in [0.25, 0.3) is 0 Å². The second-order valence-electron chi connectivity index (χ2n) is 6.43. The van der Waals surface area contributed by atoms with Gasteiger partial charge in [0.2, 0.25) is 0 Å². The Kier molecular flexibility index (Phi) is 3.53. The van der Waals surface area contributed by atoms with Gasteiger partial charge in [0, 0.05) is 24.3 Å². The Balaban J connectivity index is 1.98. The van der Waals surface area contributed by atoms with E-state index in [0.29, 0.717) is 0 Å². The van der Waals surface area contributed by atoms with E-state index < -0.39 is 0 Å². The third-order valence-corrected chi connectivity index (χ3v) is 4.81. The summed E-state index contributed by atoms with van der Waals surface area (Å²) in [5.41, 5.74) is 4.55. The predicted molar refractivity (Wildman–Crippen MR) is 81.8 cm³/mol. The van der Waals surface area contributed by atoms with E-state index in [-0.39, 0.29) is 5.54 Å². The molecule has 1 N–H and O–H groups in total. The molecule has 1 aromatic carbocycles. The van der Waals surface area contributed by atoms with Crippen LogP contribution in [0, 0.1) is 6.92 Å². The molecule has 19 heavy (non-hydrogen) atoms. The lowest BCUT2D eigenvalue weighted by molar-refractivity contribution is 0.432. The van der Waals surface area contributed by atoms with E-state index in [1.807, 2.05) is 0 Å². The third-order valence-electron chi connectivity index (χ3n) is 4.81. The van der Waals surface area contributed by atoms with Gasteiger partial charge in [0.15, 0.2) is 0 Å². The van der Waals surface area contributed by atoms with Gasteiger partial charge in [0.25, 0.3) is 0 Å². The van der Waals surface area contributed by atoms with E-state index in [4.69, 9.17) is 0 Å². The molecule has 0 bridgehead atoms. The molecule has 2 saturated heterocycles. The zero-order valence-corrected chi connectivity index (χ0v) is 12.3. The van der Waals surface area contributed by atoms with Crippen LogP contribution in [0.5, 0.6) is 0 Å². The van der Waals surface area contributed by atoms with E-state index in [9.17, 15) is 0 Å². The normalized spacial score (nSPS) is 27.8. The highest BCUT2D eigenvalue weighted by atomic mass is 15.1. The molecule has 0 aliphatic carbocycles. The van der Waals surface area contributed by atoms with Crippen LogP contribution in [0.2, 0.25) is 0 Å². The largest absolute Gasteiger partial charge is 0.371 e. The quantitative estimate of drug-likeness (QED) is 0.872. The van der Waals surface area contributed by atoms with Gasteiger partial charge in [0.1, 0.15) is 0 Å². The molecule has 1 atom stereocenters. The monoisotopic (exact) mass is 258 g/mol. The molecule has 0 amide bonds. The van der Waals surface area contributed by atoms with Crippen LogP contribution >= 0.6 is 0 Å². The topological polar surface area (TPSA) is 15.3 Å². The summed E-state index contributed by atoms with van der Waals surface area (Å²) in [5, 5.41) is 3.73. The average molecular weight is 258 g/mol. The van der Waals surface area contributed by atoms with Gasteiger partial charge in [-0.25, -0.2) is 0 Å². The first kappa shape index (κ1) is 13.0. The van der Waals surface area contributed by atoms with E-state index in [1.165, 1.54) is 62.0 Å². The summed E-state index contributed by atoms with van der Waals surface area (Å²) in [6, 6.07) is 7.02. The molecule has 2 heterocycles. The molecule has 1 aromatic rings. The molecule has 2 aliphatic rings. The SMILES string of the molecule is Cc1ccc(N2CCCCC2)c(C2(C)CCCN2)c1. The van der Waals surface area contributed by atoms with Gasteiger partial charge in [-0.05, 0) is 64.1 Å². The van der Waals surface area contributed by atoms with Gasteiger partial charge >= 0.3 is 0 Å². The number of anilines is 1. The highest BCUT2D eigenvalue weighted by Gasteiger charge is 2.33. The lowest BCUT2D eigenvalue weighted by atomic mass is 9.87. The fourth-order valence-corrected chi connectivity index (χ4v) is 3.63. The van der Waals surface area contributed by atoms with Crippen LogP contribution < -0.4 is 10.2 Å². The van der Waals surface area contributed by atoms with Crippen molar-refractivity contribution in [2.24, 2.45) is 0 Å². The van der Waals surface area contributed by atoms with Crippen molar-refractivity contribution in [3.63, 3.8) is 0 Å². The molecule has 3 rings (SSSR count). The van der Waals surface area contributed by atoms with Crippen molar-refractivity contribution in [3.8, 4) is 0 Å². The Morgan fingerprint density at radius 2 is 1.89 bits per heavy atom. The van der Waals surface area contributed by atoms with Crippen LogP contribution in [0.4, 0.5) is 5.69 Å². The summed E-state index contributed by atoms with van der Waals surface area (Å²) < 4.78 is 0. The Labute approximate surface area is 117 Å². The maximum atomic E-state index is 3.73. The van der Waals surface area contributed by atoms with E-state index in [0.717, 1.165) is 6.54 Å². The third kappa shape index (κ3) is 2.51. The molecule has 0 aromatic heterocycles. The first-order chi connectivity index (χ1) is 9.19. The van der Waals surface area contributed by atoms with Crippen LogP contribution in [-0.4, -0.2) is 19.6 Å². The molecular weight excluding hydrogens is 232 g/mol. The smallest absolute Gasteiger partial charge is 0.0427 e. The van der Waals surface area contributed by atoms with Crippen molar-refractivity contribution in [2.45, 2.75) is 51.5 Å². The molecule has 0 saturated carbocycles. The molecule has 2 heteroatoms. The van der Waals surface area contributed by atoms with Gasteiger partial charge < -0.3 is 10.2 Å². The minimum Gasteiger partial charge on any atom is -0.371 e. The zero-order chi connectivity index (χ0) is 13.3. The summed E-state index contributed by atoms with van der Waals surface area (Å²) in [5.74, 6) is 0. The summed E-state index contributed by atoms with van der Waals surface area (Å²) in [6.07, 6.45) is 6.64. The van der Waals surface area contributed by atoms with Gasteiger partial charge in [-0.3, -0.25) is 0 Å². The van der Waals surface area contributed by atoms with Gasteiger partial charge in [0.05, 0.1) is 0 Å². The van der Waals surface area contributed by atoms with Crippen LogP contribution in [0.15, 0.2) is 18.2 Å². The second-order valence-corrected chi connectivity index (χ2v) is 6.43. The van der Waals surface area contributed by atoms with Crippen LogP contribution in [-0.2, 0) is 5.54 Å². The van der Waals surface area contributed by atoms with E-state index in [1.54, 1.807) is 0 Å². The maximum Gasteiger partial charge on any atom is 0.0427 e. The molecule has 0 radical (unpaired) electrons.